The smallest absolute Gasteiger partial charge is 0.0678 e. The first-order valence-corrected chi connectivity index (χ1v) is 5.81. The summed E-state index contributed by atoms with van der Waals surface area (Å²) in [5.74, 6) is 3.94. The van der Waals surface area contributed by atoms with Gasteiger partial charge in [-0.1, -0.05) is 6.92 Å². The SMILES string of the molecule is CC1C2CC3CC(C2)C(C)(O)C1C3. The van der Waals surface area contributed by atoms with Gasteiger partial charge in [-0.3, -0.25) is 0 Å². The fourth-order valence-corrected chi connectivity index (χ4v) is 4.56. The summed E-state index contributed by atoms with van der Waals surface area (Å²) >= 11 is 0. The standard InChI is InChI=1S/C12H20O/c1-7-9-3-8-4-10(6-9)12(2,13)11(7)5-8/h7-11,13H,3-6H2,1-2H3. The number of aliphatic hydroxyl groups is 1. The van der Waals surface area contributed by atoms with Gasteiger partial charge in [-0.25, -0.2) is 0 Å². The van der Waals surface area contributed by atoms with Crippen LogP contribution in [-0.4, -0.2) is 10.7 Å². The quantitative estimate of drug-likeness (QED) is 0.607. The van der Waals surface area contributed by atoms with Gasteiger partial charge in [0.25, 0.3) is 0 Å². The first kappa shape index (κ1) is 8.28. The first-order valence-electron chi connectivity index (χ1n) is 5.81. The number of hydrogen-bond donors (Lipinski definition) is 1. The first-order chi connectivity index (χ1) is 6.09. The lowest BCUT2D eigenvalue weighted by Gasteiger charge is -2.60. The van der Waals surface area contributed by atoms with Crippen molar-refractivity contribution < 1.29 is 5.11 Å². The van der Waals surface area contributed by atoms with Crippen molar-refractivity contribution in [2.75, 3.05) is 0 Å². The Morgan fingerprint density at radius 3 is 2.69 bits per heavy atom. The van der Waals surface area contributed by atoms with Crippen molar-refractivity contribution in [2.45, 2.75) is 45.1 Å². The Morgan fingerprint density at radius 1 is 1.15 bits per heavy atom. The molecule has 4 saturated carbocycles. The second-order valence-corrected chi connectivity index (χ2v) is 5.96. The molecule has 0 amide bonds. The molecule has 4 rings (SSSR count). The van der Waals surface area contributed by atoms with Gasteiger partial charge < -0.3 is 5.11 Å². The van der Waals surface area contributed by atoms with Crippen LogP contribution in [0.5, 0.6) is 0 Å². The van der Waals surface area contributed by atoms with E-state index in [4.69, 9.17) is 0 Å². The van der Waals surface area contributed by atoms with Crippen molar-refractivity contribution in [3.63, 3.8) is 0 Å². The van der Waals surface area contributed by atoms with Crippen LogP contribution in [0.3, 0.4) is 0 Å². The molecular weight excluding hydrogens is 160 g/mol. The molecule has 4 aliphatic rings. The van der Waals surface area contributed by atoms with Gasteiger partial charge in [0.05, 0.1) is 5.60 Å². The molecule has 4 bridgehead atoms. The zero-order valence-electron chi connectivity index (χ0n) is 8.66. The zero-order chi connectivity index (χ0) is 9.22. The Labute approximate surface area is 80.5 Å². The third-order valence-corrected chi connectivity index (χ3v) is 5.38. The Hall–Kier alpha value is -0.0400. The lowest BCUT2D eigenvalue weighted by molar-refractivity contribution is -0.186. The van der Waals surface area contributed by atoms with E-state index < -0.39 is 0 Å². The number of hydrogen-bond acceptors (Lipinski definition) is 1. The van der Waals surface area contributed by atoms with Crippen molar-refractivity contribution in [1.82, 2.24) is 0 Å². The maximum absolute atomic E-state index is 10.5. The van der Waals surface area contributed by atoms with Crippen molar-refractivity contribution in [3.8, 4) is 0 Å². The Bertz CT molecular complexity index is 233. The maximum atomic E-state index is 10.5. The van der Waals surface area contributed by atoms with Crippen molar-refractivity contribution in [3.05, 3.63) is 0 Å². The van der Waals surface area contributed by atoms with E-state index in [-0.39, 0.29) is 5.60 Å². The predicted molar refractivity (Wildman–Crippen MR) is 52.2 cm³/mol. The van der Waals surface area contributed by atoms with Crippen LogP contribution in [0.4, 0.5) is 0 Å². The Morgan fingerprint density at radius 2 is 1.92 bits per heavy atom. The molecule has 0 aliphatic heterocycles. The Kier molecular flexibility index (Phi) is 1.47. The van der Waals surface area contributed by atoms with Crippen molar-refractivity contribution in [1.29, 1.82) is 0 Å². The van der Waals surface area contributed by atoms with Gasteiger partial charge in [-0.05, 0) is 62.2 Å². The van der Waals surface area contributed by atoms with Crippen LogP contribution in [-0.2, 0) is 0 Å². The van der Waals surface area contributed by atoms with E-state index in [1.165, 1.54) is 25.7 Å². The average Bonchev–Trinajstić information content (AvgIpc) is 2.08. The summed E-state index contributed by atoms with van der Waals surface area (Å²) in [4.78, 5) is 0. The van der Waals surface area contributed by atoms with Gasteiger partial charge in [0.2, 0.25) is 0 Å². The zero-order valence-corrected chi connectivity index (χ0v) is 8.66. The van der Waals surface area contributed by atoms with Crippen LogP contribution in [0, 0.1) is 29.6 Å². The van der Waals surface area contributed by atoms with E-state index in [9.17, 15) is 5.11 Å². The molecule has 1 N–H and O–H groups in total. The van der Waals surface area contributed by atoms with Crippen LogP contribution in [0.2, 0.25) is 0 Å². The van der Waals surface area contributed by atoms with Crippen LogP contribution in [0.15, 0.2) is 0 Å². The molecule has 0 aromatic carbocycles. The third kappa shape index (κ3) is 0.918. The topological polar surface area (TPSA) is 20.2 Å². The highest BCUT2D eigenvalue weighted by Gasteiger charge is 2.57. The molecule has 1 heteroatoms. The van der Waals surface area contributed by atoms with E-state index in [1.807, 2.05) is 0 Å². The predicted octanol–water partition coefficient (Wildman–Crippen LogP) is 2.44. The maximum Gasteiger partial charge on any atom is 0.0678 e. The van der Waals surface area contributed by atoms with Gasteiger partial charge in [-0.2, -0.15) is 0 Å². The lowest BCUT2D eigenvalue weighted by Crippen LogP contribution is -2.59. The largest absolute Gasteiger partial charge is 0.390 e. The molecule has 6 unspecified atom stereocenters. The molecule has 0 aromatic rings. The normalized spacial score (nSPS) is 64.4. The minimum Gasteiger partial charge on any atom is -0.390 e. The summed E-state index contributed by atoms with van der Waals surface area (Å²) in [5.41, 5.74) is -0.327. The monoisotopic (exact) mass is 180 g/mol. The van der Waals surface area contributed by atoms with Crippen LogP contribution >= 0.6 is 0 Å². The summed E-state index contributed by atoms with van der Waals surface area (Å²) in [7, 11) is 0. The summed E-state index contributed by atoms with van der Waals surface area (Å²) in [6, 6.07) is 0. The molecule has 4 fully saturated rings. The summed E-state index contributed by atoms with van der Waals surface area (Å²) < 4.78 is 0. The average molecular weight is 180 g/mol. The lowest BCUT2D eigenvalue weighted by atomic mass is 9.47. The van der Waals surface area contributed by atoms with Gasteiger partial charge in [-0.15, -0.1) is 0 Å². The van der Waals surface area contributed by atoms with Crippen LogP contribution in [0.25, 0.3) is 0 Å². The van der Waals surface area contributed by atoms with Gasteiger partial charge in [0, 0.05) is 0 Å². The number of rotatable bonds is 0. The van der Waals surface area contributed by atoms with Crippen molar-refractivity contribution >= 4 is 0 Å². The van der Waals surface area contributed by atoms with E-state index in [0.717, 1.165) is 17.8 Å². The molecule has 4 aliphatic carbocycles. The van der Waals surface area contributed by atoms with E-state index in [0.29, 0.717) is 11.8 Å². The minimum absolute atomic E-state index is 0.327. The fraction of sp³-hybridized carbons (Fsp3) is 1.00. The second kappa shape index (κ2) is 2.31. The third-order valence-electron chi connectivity index (χ3n) is 5.38. The van der Waals surface area contributed by atoms with Crippen molar-refractivity contribution in [2.24, 2.45) is 29.6 Å². The summed E-state index contributed by atoms with van der Waals surface area (Å²) in [6.07, 6.45) is 5.39. The van der Waals surface area contributed by atoms with Crippen LogP contribution in [0.1, 0.15) is 39.5 Å². The summed E-state index contributed by atoms with van der Waals surface area (Å²) in [6.45, 7) is 4.46. The fourth-order valence-electron chi connectivity index (χ4n) is 4.56. The van der Waals surface area contributed by atoms with E-state index in [1.54, 1.807) is 0 Å². The highest BCUT2D eigenvalue weighted by molar-refractivity contribution is 5.07. The van der Waals surface area contributed by atoms with Gasteiger partial charge >= 0.3 is 0 Å². The molecule has 1 nitrogen and oxygen atoms in total. The molecule has 0 saturated heterocycles. The molecule has 13 heavy (non-hydrogen) atoms. The summed E-state index contributed by atoms with van der Waals surface area (Å²) in [5, 5.41) is 10.5. The molecule has 0 aromatic heterocycles. The highest BCUT2D eigenvalue weighted by Crippen LogP contribution is 2.60. The molecule has 74 valence electrons. The Balaban J connectivity index is 1.99. The van der Waals surface area contributed by atoms with Gasteiger partial charge in [0.1, 0.15) is 0 Å². The molecule has 6 atom stereocenters. The molecule has 0 spiro atoms. The molecular formula is C12H20O. The highest BCUT2D eigenvalue weighted by atomic mass is 16.3. The minimum atomic E-state index is -0.327. The van der Waals surface area contributed by atoms with Gasteiger partial charge in [0.15, 0.2) is 0 Å². The second-order valence-electron chi connectivity index (χ2n) is 5.96. The molecule has 0 radical (unpaired) electrons. The van der Waals surface area contributed by atoms with E-state index >= 15 is 0 Å². The van der Waals surface area contributed by atoms with Crippen LogP contribution < -0.4 is 0 Å². The molecule has 0 heterocycles. The van der Waals surface area contributed by atoms with E-state index in [2.05, 4.69) is 13.8 Å².